The zero-order valence-electron chi connectivity index (χ0n) is 23.7. The van der Waals surface area contributed by atoms with Crippen LogP contribution in [0.15, 0.2) is 86.6 Å². The summed E-state index contributed by atoms with van der Waals surface area (Å²) in [6.45, 7) is 9.12. The summed E-state index contributed by atoms with van der Waals surface area (Å²) in [5.41, 5.74) is 0.567. The fraction of sp³-hybridized carbons (Fsp3) is 0.333. The van der Waals surface area contributed by atoms with E-state index in [1.165, 1.54) is 17.0 Å². The Morgan fingerprint density at radius 1 is 0.902 bits per heavy atom. The molecular formula is C30H35Br2N3O5S. The summed E-state index contributed by atoms with van der Waals surface area (Å²) in [5.74, 6) is -0.293. The van der Waals surface area contributed by atoms with Crippen molar-refractivity contribution in [2.75, 3.05) is 17.5 Å². The molecule has 220 valence electrons. The molecule has 3 aromatic carbocycles. The van der Waals surface area contributed by atoms with E-state index in [0.29, 0.717) is 18.0 Å². The molecule has 0 aliphatic carbocycles. The Hall–Kier alpha value is -2.89. The van der Waals surface area contributed by atoms with Crippen LogP contribution in [-0.2, 0) is 26.2 Å². The first-order valence-electron chi connectivity index (χ1n) is 13.1. The van der Waals surface area contributed by atoms with Crippen LogP contribution in [0.2, 0.25) is 0 Å². The second kappa shape index (κ2) is 13.8. The molecule has 0 aliphatic heterocycles. The van der Waals surface area contributed by atoms with E-state index in [2.05, 4.69) is 37.2 Å². The zero-order chi connectivity index (χ0) is 30.4. The van der Waals surface area contributed by atoms with Gasteiger partial charge in [-0.3, -0.25) is 13.9 Å². The lowest BCUT2D eigenvalue weighted by atomic mass is 10.1. The molecule has 0 heterocycles. The zero-order valence-corrected chi connectivity index (χ0v) is 27.7. The lowest BCUT2D eigenvalue weighted by Gasteiger charge is -2.33. The maximum atomic E-state index is 14.0. The Kier molecular flexibility index (Phi) is 11.0. The summed E-state index contributed by atoms with van der Waals surface area (Å²) < 4.78 is 36.0. The molecule has 0 radical (unpaired) electrons. The van der Waals surface area contributed by atoms with Crippen LogP contribution in [0.25, 0.3) is 0 Å². The summed E-state index contributed by atoms with van der Waals surface area (Å²) in [6.07, 6.45) is 0. The Morgan fingerprint density at radius 2 is 1.44 bits per heavy atom. The van der Waals surface area contributed by atoms with E-state index in [-0.39, 0.29) is 17.3 Å². The summed E-state index contributed by atoms with van der Waals surface area (Å²) in [4.78, 5) is 28.6. The molecule has 1 N–H and O–H groups in total. The summed E-state index contributed by atoms with van der Waals surface area (Å²) >= 11 is 6.76. The molecular weight excluding hydrogens is 674 g/mol. The molecule has 0 unspecified atom stereocenters. The van der Waals surface area contributed by atoms with Crippen LogP contribution in [0.4, 0.5) is 5.69 Å². The average molecular weight is 710 g/mol. The fourth-order valence-corrected chi connectivity index (χ4v) is 5.92. The maximum absolute atomic E-state index is 14.0. The number of sulfonamides is 1. The van der Waals surface area contributed by atoms with Gasteiger partial charge < -0.3 is 15.0 Å². The third-order valence-electron chi connectivity index (χ3n) is 6.05. The molecule has 0 fully saturated rings. The van der Waals surface area contributed by atoms with Gasteiger partial charge in [-0.15, -0.1) is 0 Å². The van der Waals surface area contributed by atoms with Crippen molar-refractivity contribution in [1.29, 1.82) is 0 Å². The van der Waals surface area contributed by atoms with Crippen LogP contribution in [0.5, 0.6) is 5.75 Å². The highest BCUT2D eigenvalue weighted by atomic mass is 79.9. The summed E-state index contributed by atoms with van der Waals surface area (Å²) in [7, 11) is -4.16. The minimum absolute atomic E-state index is 0.0281. The van der Waals surface area contributed by atoms with Gasteiger partial charge in [0.05, 0.1) is 17.2 Å². The molecule has 0 aliphatic rings. The number of hydrogen-bond donors (Lipinski definition) is 1. The monoisotopic (exact) mass is 707 g/mol. The van der Waals surface area contributed by atoms with Crippen molar-refractivity contribution in [3.8, 4) is 5.75 Å². The largest absolute Gasteiger partial charge is 0.494 e. The number of halogens is 2. The van der Waals surface area contributed by atoms with Crippen LogP contribution >= 0.6 is 31.9 Å². The first kappa shape index (κ1) is 32.6. The van der Waals surface area contributed by atoms with Crippen LogP contribution in [0.1, 0.15) is 40.2 Å². The van der Waals surface area contributed by atoms with E-state index in [1.807, 2.05) is 52.0 Å². The smallest absolute Gasteiger partial charge is 0.264 e. The van der Waals surface area contributed by atoms with Gasteiger partial charge in [-0.25, -0.2) is 8.42 Å². The third-order valence-corrected chi connectivity index (χ3v) is 8.89. The highest BCUT2D eigenvalue weighted by Gasteiger charge is 2.33. The molecule has 11 heteroatoms. The van der Waals surface area contributed by atoms with Gasteiger partial charge in [-0.2, -0.15) is 0 Å². The molecule has 41 heavy (non-hydrogen) atoms. The molecule has 0 saturated heterocycles. The molecule has 0 saturated carbocycles. The first-order chi connectivity index (χ1) is 19.2. The SMILES string of the molecule is CCOc1ccc(N(CC(=O)N(Cc2ccc(Br)cc2)[C@@H](C)C(=O)NC(C)(C)C)S(=O)(=O)c2ccc(Br)cc2)cc1. The number of benzene rings is 3. The summed E-state index contributed by atoms with van der Waals surface area (Å²) in [6, 6.07) is 19.3. The van der Waals surface area contributed by atoms with Gasteiger partial charge in [0.25, 0.3) is 10.0 Å². The summed E-state index contributed by atoms with van der Waals surface area (Å²) in [5, 5.41) is 2.92. The van der Waals surface area contributed by atoms with Gasteiger partial charge in [-0.05, 0) is 101 Å². The first-order valence-corrected chi connectivity index (χ1v) is 16.1. The predicted molar refractivity (Wildman–Crippen MR) is 168 cm³/mol. The van der Waals surface area contributed by atoms with E-state index in [4.69, 9.17) is 4.74 Å². The minimum atomic E-state index is -4.16. The van der Waals surface area contributed by atoms with Gasteiger partial charge >= 0.3 is 0 Å². The van der Waals surface area contributed by atoms with Gasteiger partial charge in [0.15, 0.2) is 0 Å². The molecule has 0 aromatic heterocycles. The topological polar surface area (TPSA) is 96.0 Å². The van der Waals surface area contributed by atoms with Crippen molar-refractivity contribution < 1.29 is 22.7 Å². The van der Waals surface area contributed by atoms with Crippen molar-refractivity contribution >= 4 is 59.4 Å². The number of ether oxygens (including phenoxy) is 1. The van der Waals surface area contributed by atoms with Crippen LogP contribution in [0.3, 0.4) is 0 Å². The average Bonchev–Trinajstić information content (AvgIpc) is 2.91. The number of hydrogen-bond acceptors (Lipinski definition) is 5. The van der Waals surface area contributed by atoms with E-state index in [9.17, 15) is 18.0 Å². The number of rotatable bonds is 11. The third kappa shape index (κ3) is 9.05. The highest BCUT2D eigenvalue weighted by Crippen LogP contribution is 2.27. The van der Waals surface area contributed by atoms with Crippen molar-refractivity contribution in [1.82, 2.24) is 10.2 Å². The number of nitrogens with one attached hydrogen (secondary N) is 1. The number of carbonyl (C=O) groups excluding carboxylic acids is 2. The number of anilines is 1. The Labute approximate surface area is 259 Å². The predicted octanol–water partition coefficient (Wildman–Crippen LogP) is 6.14. The van der Waals surface area contributed by atoms with E-state index in [0.717, 1.165) is 18.8 Å². The molecule has 3 rings (SSSR count). The van der Waals surface area contributed by atoms with E-state index >= 15 is 0 Å². The molecule has 0 spiro atoms. The quantitative estimate of drug-likeness (QED) is 0.258. The number of carbonyl (C=O) groups is 2. The number of nitrogens with zero attached hydrogens (tertiary/aromatic N) is 2. The van der Waals surface area contributed by atoms with Gasteiger partial charge in [0, 0.05) is 21.0 Å². The van der Waals surface area contributed by atoms with Crippen LogP contribution in [0, 0.1) is 0 Å². The Morgan fingerprint density at radius 3 is 1.95 bits per heavy atom. The molecule has 0 bridgehead atoms. The molecule has 1 atom stereocenters. The van der Waals surface area contributed by atoms with Crippen molar-refractivity contribution in [2.24, 2.45) is 0 Å². The highest BCUT2D eigenvalue weighted by molar-refractivity contribution is 9.10. The standard InChI is InChI=1S/C30H35Br2N3O5S/c1-6-40-26-15-13-25(14-16-26)35(41(38,39)27-17-11-24(32)12-18-27)20-28(36)34(19-22-7-9-23(31)10-8-22)21(2)29(37)33-30(3,4)5/h7-18,21H,6,19-20H2,1-5H3,(H,33,37)/t21-/m0/s1. The second-order valence-corrected chi connectivity index (χ2v) is 14.1. The van der Waals surface area contributed by atoms with Gasteiger partial charge in [0.2, 0.25) is 11.8 Å². The lowest BCUT2D eigenvalue weighted by molar-refractivity contribution is -0.140. The van der Waals surface area contributed by atoms with Crippen LogP contribution < -0.4 is 14.4 Å². The second-order valence-electron chi connectivity index (χ2n) is 10.5. The minimum Gasteiger partial charge on any atom is -0.494 e. The van der Waals surface area contributed by atoms with Crippen molar-refractivity contribution in [3.05, 3.63) is 87.3 Å². The molecule has 8 nitrogen and oxygen atoms in total. The Bertz CT molecular complexity index is 1440. The lowest BCUT2D eigenvalue weighted by Crippen LogP contribution is -2.54. The molecule has 3 aromatic rings. The fourth-order valence-electron chi connectivity index (χ4n) is 3.98. The van der Waals surface area contributed by atoms with E-state index < -0.39 is 34.1 Å². The number of amides is 2. The normalized spacial score (nSPS) is 12.4. The van der Waals surface area contributed by atoms with Gasteiger partial charge in [0.1, 0.15) is 18.3 Å². The Balaban J connectivity index is 2.03. The van der Waals surface area contributed by atoms with Crippen LogP contribution in [-0.4, -0.2) is 49.9 Å². The van der Waals surface area contributed by atoms with Gasteiger partial charge in [-0.1, -0.05) is 44.0 Å². The van der Waals surface area contributed by atoms with Crippen molar-refractivity contribution in [2.45, 2.75) is 57.6 Å². The maximum Gasteiger partial charge on any atom is 0.264 e. The van der Waals surface area contributed by atoms with E-state index in [1.54, 1.807) is 43.3 Å². The molecule has 2 amide bonds. The van der Waals surface area contributed by atoms with Crippen molar-refractivity contribution in [3.63, 3.8) is 0 Å².